The van der Waals surface area contributed by atoms with E-state index in [9.17, 15) is 4.79 Å². The van der Waals surface area contributed by atoms with Crippen molar-refractivity contribution in [2.75, 3.05) is 19.7 Å². The topological polar surface area (TPSA) is 72.3 Å². The standard InChI is InChI=1S/C18H25N5O2/c1-15(11-23-14-19-13-20-23)21-18(24)22-9-10-25-17(12-22)8-7-16-5-3-2-4-6-16/h2-6,13-15,17H,7-12H2,1H3,(H,21,24)/t15-,17+/m1/s1. The van der Waals surface area contributed by atoms with Gasteiger partial charge in [0.25, 0.3) is 0 Å². The third-order valence-corrected chi connectivity index (χ3v) is 4.32. The first kappa shape index (κ1) is 17.4. The number of aromatic nitrogens is 3. The van der Waals surface area contributed by atoms with E-state index in [0.717, 1.165) is 12.8 Å². The number of hydrogen-bond donors (Lipinski definition) is 1. The first-order valence-electron chi connectivity index (χ1n) is 8.74. The second-order valence-corrected chi connectivity index (χ2v) is 6.43. The third-order valence-electron chi connectivity index (χ3n) is 4.32. The summed E-state index contributed by atoms with van der Waals surface area (Å²) in [5, 5.41) is 7.09. The van der Waals surface area contributed by atoms with Gasteiger partial charge in [-0.3, -0.25) is 4.68 Å². The lowest BCUT2D eigenvalue weighted by atomic mass is 10.1. The first-order chi connectivity index (χ1) is 12.2. The third kappa shape index (κ3) is 5.29. The highest BCUT2D eigenvalue weighted by atomic mass is 16.5. The molecule has 1 fully saturated rings. The SMILES string of the molecule is C[C@H](Cn1cncn1)NC(=O)N1CCO[C@@H](CCc2ccccc2)C1. The van der Waals surface area contributed by atoms with Gasteiger partial charge in [0.2, 0.25) is 0 Å². The predicted octanol–water partition coefficient (Wildman–Crippen LogP) is 1.71. The fraction of sp³-hybridized carbons (Fsp3) is 0.500. The van der Waals surface area contributed by atoms with Gasteiger partial charge >= 0.3 is 6.03 Å². The van der Waals surface area contributed by atoms with Crippen molar-refractivity contribution < 1.29 is 9.53 Å². The lowest BCUT2D eigenvalue weighted by Gasteiger charge is -2.33. The fourth-order valence-corrected chi connectivity index (χ4v) is 3.01. The number of amides is 2. The Morgan fingerprint density at radius 2 is 2.24 bits per heavy atom. The number of hydrogen-bond acceptors (Lipinski definition) is 4. The molecule has 0 spiro atoms. The highest BCUT2D eigenvalue weighted by molar-refractivity contribution is 5.74. The summed E-state index contributed by atoms with van der Waals surface area (Å²) in [6.45, 7) is 4.42. The molecule has 0 aliphatic carbocycles. The maximum absolute atomic E-state index is 12.5. The molecule has 3 rings (SSSR count). The molecule has 7 heteroatoms. The van der Waals surface area contributed by atoms with Crippen molar-refractivity contribution in [1.29, 1.82) is 0 Å². The molecule has 1 N–H and O–H groups in total. The van der Waals surface area contributed by atoms with Gasteiger partial charge in [-0.05, 0) is 25.3 Å². The van der Waals surface area contributed by atoms with Crippen LogP contribution in [0, 0.1) is 0 Å². The van der Waals surface area contributed by atoms with Crippen LogP contribution in [0.1, 0.15) is 18.9 Å². The molecule has 0 unspecified atom stereocenters. The molecule has 1 aromatic carbocycles. The van der Waals surface area contributed by atoms with E-state index in [-0.39, 0.29) is 18.2 Å². The highest BCUT2D eigenvalue weighted by Gasteiger charge is 2.24. The van der Waals surface area contributed by atoms with E-state index in [1.54, 1.807) is 11.0 Å². The van der Waals surface area contributed by atoms with Crippen LogP contribution >= 0.6 is 0 Å². The average molecular weight is 343 g/mol. The predicted molar refractivity (Wildman–Crippen MR) is 94.1 cm³/mol. The minimum Gasteiger partial charge on any atom is -0.375 e. The Hall–Kier alpha value is -2.41. The molecule has 0 bridgehead atoms. The van der Waals surface area contributed by atoms with E-state index in [1.165, 1.54) is 11.9 Å². The molecule has 25 heavy (non-hydrogen) atoms. The van der Waals surface area contributed by atoms with Gasteiger partial charge in [0, 0.05) is 19.1 Å². The van der Waals surface area contributed by atoms with E-state index in [1.807, 2.05) is 30.0 Å². The van der Waals surface area contributed by atoms with Gasteiger partial charge in [-0.25, -0.2) is 9.78 Å². The number of ether oxygens (including phenoxy) is 1. The molecule has 2 heterocycles. The molecule has 1 saturated heterocycles. The summed E-state index contributed by atoms with van der Waals surface area (Å²) in [5.74, 6) is 0. The molecular weight excluding hydrogens is 318 g/mol. The van der Waals surface area contributed by atoms with Crippen LogP contribution in [-0.2, 0) is 17.7 Å². The van der Waals surface area contributed by atoms with Crippen molar-refractivity contribution in [2.24, 2.45) is 0 Å². The molecule has 7 nitrogen and oxygen atoms in total. The molecule has 2 aromatic rings. The van der Waals surface area contributed by atoms with Crippen LogP contribution in [0.4, 0.5) is 4.79 Å². The molecule has 1 aliphatic heterocycles. The van der Waals surface area contributed by atoms with Gasteiger partial charge in [-0.2, -0.15) is 5.10 Å². The zero-order valence-electron chi connectivity index (χ0n) is 14.5. The number of morpholine rings is 1. The van der Waals surface area contributed by atoms with Crippen LogP contribution in [0.25, 0.3) is 0 Å². The summed E-state index contributed by atoms with van der Waals surface area (Å²) >= 11 is 0. The van der Waals surface area contributed by atoms with E-state index in [4.69, 9.17) is 4.74 Å². The maximum atomic E-state index is 12.5. The van der Waals surface area contributed by atoms with Crippen molar-refractivity contribution in [1.82, 2.24) is 25.0 Å². The van der Waals surface area contributed by atoms with E-state index >= 15 is 0 Å². The summed E-state index contributed by atoms with van der Waals surface area (Å²) in [6, 6.07) is 10.3. The zero-order chi connectivity index (χ0) is 17.5. The number of benzene rings is 1. The van der Waals surface area contributed by atoms with Gasteiger partial charge in [-0.1, -0.05) is 30.3 Å². The number of carbonyl (C=O) groups is 1. The van der Waals surface area contributed by atoms with Crippen molar-refractivity contribution in [2.45, 2.75) is 38.5 Å². The number of urea groups is 1. The van der Waals surface area contributed by atoms with Crippen LogP contribution in [0.15, 0.2) is 43.0 Å². The number of rotatable bonds is 6. The highest BCUT2D eigenvalue weighted by Crippen LogP contribution is 2.13. The molecular formula is C18H25N5O2. The number of nitrogens with zero attached hydrogens (tertiary/aromatic N) is 4. The normalized spacial score (nSPS) is 18.8. The molecule has 2 atom stereocenters. The quantitative estimate of drug-likeness (QED) is 0.867. The lowest BCUT2D eigenvalue weighted by Crippen LogP contribution is -2.52. The van der Waals surface area contributed by atoms with Crippen molar-refractivity contribution in [3.8, 4) is 0 Å². The van der Waals surface area contributed by atoms with Gasteiger partial charge in [0.15, 0.2) is 0 Å². The van der Waals surface area contributed by atoms with E-state index < -0.39 is 0 Å². The van der Waals surface area contributed by atoms with Gasteiger partial charge in [-0.15, -0.1) is 0 Å². The molecule has 1 aromatic heterocycles. The van der Waals surface area contributed by atoms with Crippen LogP contribution in [0.3, 0.4) is 0 Å². The summed E-state index contributed by atoms with van der Waals surface area (Å²) in [6.07, 6.45) is 5.11. The van der Waals surface area contributed by atoms with Crippen LogP contribution in [0.2, 0.25) is 0 Å². The Morgan fingerprint density at radius 3 is 3.00 bits per heavy atom. The minimum atomic E-state index is -0.0411. The van der Waals surface area contributed by atoms with E-state index in [0.29, 0.717) is 26.2 Å². The average Bonchev–Trinajstić information content (AvgIpc) is 3.14. The molecule has 134 valence electrons. The Bertz CT molecular complexity index is 647. The lowest BCUT2D eigenvalue weighted by molar-refractivity contribution is -0.0179. The molecule has 0 radical (unpaired) electrons. The summed E-state index contributed by atoms with van der Waals surface area (Å²) < 4.78 is 7.54. The number of aryl methyl sites for hydroxylation is 1. The maximum Gasteiger partial charge on any atom is 0.317 e. The largest absolute Gasteiger partial charge is 0.375 e. The Kier molecular flexibility index (Phi) is 6.00. The van der Waals surface area contributed by atoms with Gasteiger partial charge in [0.05, 0.1) is 19.3 Å². The Labute approximate surface area is 148 Å². The molecule has 0 saturated carbocycles. The van der Waals surface area contributed by atoms with Crippen LogP contribution < -0.4 is 5.32 Å². The zero-order valence-corrected chi connectivity index (χ0v) is 14.5. The molecule has 2 amide bonds. The fourth-order valence-electron chi connectivity index (χ4n) is 3.01. The summed E-state index contributed by atoms with van der Waals surface area (Å²) in [5.41, 5.74) is 1.30. The smallest absolute Gasteiger partial charge is 0.317 e. The van der Waals surface area contributed by atoms with Crippen molar-refractivity contribution >= 4 is 6.03 Å². The van der Waals surface area contributed by atoms with Crippen molar-refractivity contribution in [3.05, 3.63) is 48.5 Å². The minimum absolute atomic E-state index is 0.0141. The second-order valence-electron chi connectivity index (χ2n) is 6.43. The number of carbonyl (C=O) groups excluding carboxylic acids is 1. The summed E-state index contributed by atoms with van der Waals surface area (Å²) in [7, 11) is 0. The van der Waals surface area contributed by atoms with Crippen LogP contribution in [0.5, 0.6) is 0 Å². The Balaban J connectivity index is 1.44. The monoisotopic (exact) mass is 343 g/mol. The number of nitrogens with one attached hydrogen (secondary N) is 1. The first-order valence-corrected chi connectivity index (χ1v) is 8.74. The van der Waals surface area contributed by atoms with Crippen LogP contribution in [-0.4, -0.2) is 57.5 Å². The molecule has 1 aliphatic rings. The second kappa shape index (κ2) is 8.62. The Morgan fingerprint density at radius 1 is 1.40 bits per heavy atom. The summed E-state index contributed by atoms with van der Waals surface area (Å²) in [4.78, 5) is 18.2. The van der Waals surface area contributed by atoms with Gasteiger partial charge < -0.3 is 15.0 Å². The van der Waals surface area contributed by atoms with E-state index in [2.05, 4.69) is 27.5 Å². The van der Waals surface area contributed by atoms with Crippen molar-refractivity contribution in [3.63, 3.8) is 0 Å². The van der Waals surface area contributed by atoms with Gasteiger partial charge in [0.1, 0.15) is 12.7 Å².